The summed E-state index contributed by atoms with van der Waals surface area (Å²) in [6, 6.07) is 9.20. The summed E-state index contributed by atoms with van der Waals surface area (Å²) in [6.07, 6.45) is 1.06. The second-order valence-corrected chi connectivity index (χ2v) is 6.48. The third kappa shape index (κ3) is 3.85. The molecule has 0 bridgehead atoms. The van der Waals surface area contributed by atoms with Crippen molar-refractivity contribution in [1.82, 2.24) is 5.32 Å². The fourth-order valence-electron chi connectivity index (χ4n) is 1.35. The van der Waals surface area contributed by atoms with Gasteiger partial charge < -0.3 is 5.32 Å². The third-order valence-corrected chi connectivity index (χ3v) is 4.17. The van der Waals surface area contributed by atoms with Crippen molar-refractivity contribution in [3.05, 3.63) is 35.9 Å². The molecule has 0 saturated heterocycles. The van der Waals surface area contributed by atoms with E-state index in [9.17, 15) is 13.2 Å². The summed E-state index contributed by atoms with van der Waals surface area (Å²) >= 11 is 0. The lowest BCUT2D eigenvalue weighted by atomic mass is 10.1. The van der Waals surface area contributed by atoms with Crippen molar-refractivity contribution in [2.45, 2.75) is 25.1 Å². The Morgan fingerprint density at radius 2 is 1.71 bits per heavy atom. The molecule has 1 amide bonds. The van der Waals surface area contributed by atoms with E-state index in [0.29, 0.717) is 0 Å². The highest BCUT2D eigenvalue weighted by molar-refractivity contribution is 7.92. The number of amides is 1. The van der Waals surface area contributed by atoms with E-state index in [2.05, 4.69) is 5.32 Å². The zero-order valence-corrected chi connectivity index (χ0v) is 11.0. The smallest absolute Gasteiger partial charge is 0.238 e. The molecule has 5 heteroatoms. The van der Waals surface area contributed by atoms with Crippen molar-refractivity contribution < 1.29 is 13.2 Å². The predicted molar refractivity (Wildman–Crippen MR) is 67.3 cm³/mol. The number of carbonyl (C=O) groups is 1. The summed E-state index contributed by atoms with van der Waals surface area (Å²) in [4.78, 5) is 11.7. The number of carbonyl (C=O) groups excluding carboxylic acids is 1. The van der Waals surface area contributed by atoms with Gasteiger partial charge >= 0.3 is 0 Å². The number of benzene rings is 1. The Morgan fingerprint density at radius 3 is 2.18 bits per heavy atom. The number of sulfone groups is 1. The molecule has 94 valence electrons. The van der Waals surface area contributed by atoms with E-state index in [4.69, 9.17) is 0 Å². The molecular weight excluding hydrogens is 238 g/mol. The van der Waals surface area contributed by atoms with Crippen LogP contribution in [-0.2, 0) is 14.6 Å². The molecule has 1 rings (SSSR count). The maximum atomic E-state index is 11.7. The molecule has 1 N–H and O–H groups in total. The van der Waals surface area contributed by atoms with Gasteiger partial charge in [0, 0.05) is 6.26 Å². The molecule has 17 heavy (non-hydrogen) atoms. The van der Waals surface area contributed by atoms with Crippen LogP contribution in [0.15, 0.2) is 30.3 Å². The van der Waals surface area contributed by atoms with E-state index in [-0.39, 0.29) is 6.04 Å². The van der Waals surface area contributed by atoms with Crippen LogP contribution in [-0.4, -0.2) is 25.8 Å². The Labute approximate surface area is 102 Å². The molecule has 0 spiro atoms. The molecule has 0 aliphatic rings. The molecule has 0 aliphatic heterocycles. The SMILES string of the molecule is C[C@H](NC(=O)[C@@H](C)S(C)(=O)=O)c1ccccc1. The summed E-state index contributed by atoms with van der Waals surface area (Å²) in [6.45, 7) is 3.21. The monoisotopic (exact) mass is 255 g/mol. The minimum atomic E-state index is -3.34. The van der Waals surface area contributed by atoms with Gasteiger partial charge in [-0.1, -0.05) is 30.3 Å². The van der Waals surface area contributed by atoms with Crippen molar-refractivity contribution in [2.24, 2.45) is 0 Å². The molecular formula is C12H17NO3S. The van der Waals surface area contributed by atoms with Crippen LogP contribution in [0.4, 0.5) is 0 Å². The molecule has 4 nitrogen and oxygen atoms in total. The fourth-order valence-corrected chi connectivity index (χ4v) is 1.81. The quantitative estimate of drug-likeness (QED) is 0.882. The number of nitrogens with one attached hydrogen (secondary N) is 1. The number of rotatable bonds is 4. The number of hydrogen-bond donors (Lipinski definition) is 1. The van der Waals surface area contributed by atoms with Gasteiger partial charge in [-0.3, -0.25) is 4.79 Å². The van der Waals surface area contributed by atoms with Crippen molar-refractivity contribution in [3.63, 3.8) is 0 Å². The van der Waals surface area contributed by atoms with Crippen LogP contribution in [0.25, 0.3) is 0 Å². The van der Waals surface area contributed by atoms with Crippen LogP contribution >= 0.6 is 0 Å². The Balaban J connectivity index is 2.71. The summed E-state index contributed by atoms with van der Waals surface area (Å²) in [5.74, 6) is -0.469. The van der Waals surface area contributed by atoms with Gasteiger partial charge in [0.2, 0.25) is 5.91 Å². The first-order chi connectivity index (χ1) is 7.82. The molecule has 1 aromatic rings. The molecule has 0 aliphatic carbocycles. The highest BCUT2D eigenvalue weighted by atomic mass is 32.2. The lowest BCUT2D eigenvalue weighted by Crippen LogP contribution is -2.38. The molecule has 0 aromatic heterocycles. The second-order valence-electron chi connectivity index (χ2n) is 4.11. The van der Waals surface area contributed by atoms with E-state index in [1.807, 2.05) is 37.3 Å². The topological polar surface area (TPSA) is 63.2 Å². The lowest BCUT2D eigenvalue weighted by Gasteiger charge is -2.16. The van der Waals surface area contributed by atoms with Gasteiger partial charge in [0.25, 0.3) is 0 Å². The van der Waals surface area contributed by atoms with E-state index in [1.165, 1.54) is 6.92 Å². The molecule has 0 unspecified atom stereocenters. The molecule has 1 aromatic carbocycles. The average molecular weight is 255 g/mol. The maximum absolute atomic E-state index is 11.7. The maximum Gasteiger partial charge on any atom is 0.238 e. The highest BCUT2D eigenvalue weighted by Crippen LogP contribution is 2.12. The van der Waals surface area contributed by atoms with Crippen LogP contribution in [0, 0.1) is 0 Å². The van der Waals surface area contributed by atoms with Crippen molar-refractivity contribution in [3.8, 4) is 0 Å². The van der Waals surface area contributed by atoms with Gasteiger partial charge in [-0.25, -0.2) is 8.42 Å². The van der Waals surface area contributed by atoms with Crippen LogP contribution in [0.1, 0.15) is 25.5 Å². The average Bonchev–Trinajstić information content (AvgIpc) is 2.27. The summed E-state index contributed by atoms with van der Waals surface area (Å²) < 4.78 is 22.5. The van der Waals surface area contributed by atoms with Crippen LogP contribution in [0.3, 0.4) is 0 Å². The first-order valence-electron chi connectivity index (χ1n) is 5.36. The standard InChI is InChI=1S/C12H17NO3S/c1-9(11-7-5-4-6-8-11)13-12(14)10(2)17(3,15)16/h4-10H,1-3H3,(H,13,14)/t9-,10+/m0/s1. The second kappa shape index (κ2) is 5.31. The minimum Gasteiger partial charge on any atom is -0.348 e. The Morgan fingerprint density at radius 1 is 1.18 bits per heavy atom. The fraction of sp³-hybridized carbons (Fsp3) is 0.417. The van der Waals surface area contributed by atoms with Crippen LogP contribution in [0.5, 0.6) is 0 Å². The normalized spacial score (nSPS) is 15.0. The van der Waals surface area contributed by atoms with Gasteiger partial charge in [-0.2, -0.15) is 0 Å². The predicted octanol–water partition coefficient (Wildman–Crippen LogP) is 1.30. The first kappa shape index (κ1) is 13.7. The largest absolute Gasteiger partial charge is 0.348 e. The van der Waals surface area contributed by atoms with Gasteiger partial charge in [0.15, 0.2) is 9.84 Å². The van der Waals surface area contributed by atoms with E-state index in [0.717, 1.165) is 11.8 Å². The Hall–Kier alpha value is -1.36. The minimum absolute atomic E-state index is 0.201. The number of hydrogen-bond acceptors (Lipinski definition) is 3. The Kier molecular flexibility index (Phi) is 4.28. The molecule has 0 fully saturated rings. The van der Waals surface area contributed by atoms with E-state index < -0.39 is 21.0 Å². The van der Waals surface area contributed by atoms with Gasteiger partial charge in [0.05, 0.1) is 6.04 Å². The van der Waals surface area contributed by atoms with Crippen LogP contribution in [0.2, 0.25) is 0 Å². The van der Waals surface area contributed by atoms with Crippen molar-refractivity contribution >= 4 is 15.7 Å². The van der Waals surface area contributed by atoms with E-state index in [1.54, 1.807) is 0 Å². The summed E-state index contributed by atoms with van der Waals surface area (Å²) in [5, 5.41) is 1.66. The molecule has 2 atom stereocenters. The summed E-state index contributed by atoms with van der Waals surface area (Å²) in [5.41, 5.74) is 0.946. The third-order valence-electron chi connectivity index (χ3n) is 2.67. The van der Waals surface area contributed by atoms with Crippen LogP contribution < -0.4 is 5.32 Å². The highest BCUT2D eigenvalue weighted by Gasteiger charge is 2.24. The zero-order chi connectivity index (χ0) is 13.1. The van der Waals surface area contributed by atoms with Crippen molar-refractivity contribution in [2.75, 3.05) is 6.26 Å². The molecule has 0 radical (unpaired) electrons. The van der Waals surface area contributed by atoms with Gasteiger partial charge in [0.1, 0.15) is 5.25 Å². The zero-order valence-electron chi connectivity index (χ0n) is 10.2. The molecule has 0 saturated carbocycles. The lowest BCUT2D eigenvalue weighted by molar-refractivity contribution is -0.121. The summed E-state index contributed by atoms with van der Waals surface area (Å²) in [7, 11) is -3.34. The van der Waals surface area contributed by atoms with Gasteiger partial charge in [-0.15, -0.1) is 0 Å². The van der Waals surface area contributed by atoms with Crippen molar-refractivity contribution in [1.29, 1.82) is 0 Å². The van der Waals surface area contributed by atoms with E-state index >= 15 is 0 Å². The van der Waals surface area contributed by atoms with Gasteiger partial charge in [-0.05, 0) is 19.4 Å². The first-order valence-corrected chi connectivity index (χ1v) is 7.32. The Bertz CT molecular complexity index is 482. The molecule has 0 heterocycles.